The maximum atomic E-state index is 5.81. The minimum Gasteiger partial charge on any atom is -0.300 e. The van der Waals surface area contributed by atoms with E-state index < -0.39 is 0 Å². The minimum absolute atomic E-state index is 0.474. The SMILES string of the molecule is CCn1c(-c2ccncc2)nn(CN(C2CC2)[C@@H]2CCc3ccccc32)c1=S. The van der Waals surface area contributed by atoms with Crippen LogP contribution in [0.3, 0.4) is 0 Å². The summed E-state index contributed by atoms with van der Waals surface area (Å²) in [5.41, 5.74) is 4.05. The van der Waals surface area contributed by atoms with Crippen molar-refractivity contribution in [3.8, 4) is 11.4 Å². The van der Waals surface area contributed by atoms with Gasteiger partial charge in [-0.2, -0.15) is 5.10 Å². The van der Waals surface area contributed by atoms with Crippen LogP contribution in [0, 0.1) is 4.77 Å². The van der Waals surface area contributed by atoms with E-state index >= 15 is 0 Å². The van der Waals surface area contributed by atoms with Crippen LogP contribution in [-0.4, -0.2) is 30.3 Å². The molecule has 0 unspecified atom stereocenters. The molecule has 2 aliphatic rings. The lowest BCUT2D eigenvalue weighted by Gasteiger charge is -2.29. The van der Waals surface area contributed by atoms with Gasteiger partial charge in [0.1, 0.15) is 0 Å². The van der Waals surface area contributed by atoms with Crippen LogP contribution in [0.15, 0.2) is 48.8 Å². The van der Waals surface area contributed by atoms with E-state index in [1.54, 1.807) is 0 Å². The zero-order valence-corrected chi connectivity index (χ0v) is 17.0. The van der Waals surface area contributed by atoms with Gasteiger partial charge in [-0.3, -0.25) is 9.88 Å². The normalized spacial score (nSPS) is 18.6. The third kappa shape index (κ3) is 3.10. The lowest BCUT2D eigenvalue weighted by Crippen LogP contribution is -2.32. The molecule has 6 heteroatoms. The third-order valence-electron chi connectivity index (χ3n) is 5.99. The lowest BCUT2D eigenvalue weighted by molar-refractivity contribution is 0.131. The van der Waals surface area contributed by atoms with E-state index in [9.17, 15) is 0 Å². The summed E-state index contributed by atoms with van der Waals surface area (Å²) in [5, 5.41) is 4.93. The Labute approximate surface area is 170 Å². The van der Waals surface area contributed by atoms with Gasteiger partial charge in [0.2, 0.25) is 0 Å². The van der Waals surface area contributed by atoms with Gasteiger partial charge in [0.05, 0.1) is 6.67 Å². The molecule has 1 aromatic carbocycles. The maximum absolute atomic E-state index is 5.81. The number of fused-ring (bicyclic) bond motifs is 1. The second kappa shape index (κ2) is 7.26. The van der Waals surface area contributed by atoms with Crippen LogP contribution < -0.4 is 0 Å². The molecular formula is C22H25N5S. The van der Waals surface area contributed by atoms with Crippen LogP contribution in [0.1, 0.15) is 43.4 Å². The number of aromatic nitrogens is 4. The van der Waals surface area contributed by atoms with Gasteiger partial charge in [-0.05, 0) is 68.1 Å². The molecule has 0 radical (unpaired) electrons. The minimum atomic E-state index is 0.474. The smallest absolute Gasteiger partial charge is 0.199 e. The van der Waals surface area contributed by atoms with Crippen LogP contribution >= 0.6 is 12.2 Å². The Hall–Kier alpha value is -2.31. The number of nitrogens with zero attached hydrogens (tertiary/aromatic N) is 5. The van der Waals surface area contributed by atoms with E-state index in [0.717, 1.165) is 29.4 Å². The first-order valence-corrected chi connectivity index (χ1v) is 10.6. The van der Waals surface area contributed by atoms with Gasteiger partial charge in [0.25, 0.3) is 0 Å². The van der Waals surface area contributed by atoms with Crippen LogP contribution in [0.4, 0.5) is 0 Å². The fourth-order valence-corrected chi connectivity index (χ4v) is 4.76. The zero-order valence-electron chi connectivity index (χ0n) is 16.2. The Morgan fingerprint density at radius 1 is 1.11 bits per heavy atom. The quantitative estimate of drug-likeness (QED) is 0.576. The van der Waals surface area contributed by atoms with Crippen LogP contribution in [0.5, 0.6) is 0 Å². The van der Waals surface area contributed by atoms with Gasteiger partial charge < -0.3 is 4.57 Å². The Kier molecular flexibility index (Phi) is 4.61. The Morgan fingerprint density at radius 3 is 2.64 bits per heavy atom. The number of pyridine rings is 1. The van der Waals surface area contributed by atoms with Crippen LogP contribution in [0.2, 0.25) is 0 Å². The summed E-state index contributed by atoms with van der Waals surface area (Å²) in [7, 11) is 0. The molecule has 0 N–H and O–H groups in total. The summed E-state index contributed by atoms with van der Waals surface area (Å²) in [6, 6.07) is 14.0. The van der Waals surface area contributed by atoms with E-state index in [4.69, 9.17) is 17.3 Å². The number of hydrogen-bond donors (Lipinski definition) is 0. The maximum Gasteiger partial charge on any atom is 0.199 e. The fraction of sp³-hybridized carbons (Fsp3) is 0.409. The highest BCUT2D eigenvalue weighted by atomic mass is 32.1. The molecule has 0 amide bonds. The molecule has 2 heterocycles. The van der Waals surface area contributed by atoms with Crippen molar-refractivity contribution >= 4 is 12.2 Å². The molecule has 1 saturated carbocycles. The van der Waals surface area contributed by atoms with Gasteiger partial charge in [-0.1, -0.05) is 24.3 Å². The van der Waals surface area contributed by atoms with Gasteiger partial charge in [0.15, 0.2) is 10.6 Å². The molecule has 2 aromatic heterocycles. The number of aryl methyl sites for hydroxylation is 1. The average molecular weight is 392 g/mol. The Balaban J connectivity index is 1.50. The van der Waals surface area contributed by atoms with Crippen molar-refractivity contribution in [2.45, 2.75) is 57.9 Å². The van der Waals surface area contributed by atoms with Gasteiger partial charge in [0, 0.05) is 36.6 Å². The molecule has 5 nitrogen and oxygen atoms in total. The second-order valence-electron chi connectivity index (χ2n) is 7.73. The number of benzene rings is 1. The molecule has 1 fully saturated rings. The van der Waals surface area contributed by atoms with E-state index in [1.807, 2.05) is 29.2 Å². The summed E-state index contributed by atoms with van der Waals surface area (Å²) < 4.78 is 4.94. The molecule has 0 bridgehead atoms. The van der Waals surface area contributed by atoms with Crippen LogP contribution in [-0.2, 0) is 19.6 Å². The third-order valence-corrected chi connectivity index (χ3v) is 6.42. The summed E-state index contributed by atoms with van der Waals surface area (Å²) in [4.78, 5) is 6.76. The van der Waals surface area contributed by atoms with Crippen LogP contribution in [0.25, 0.3) is 11.4 Å². The van der Waals surface area contributed by atoms with Crippen molar-refractivity contribution in [2.24, 2.45) is 0 Å². The van der Waals surface area contributed by atoms with Gasteiger partial charge in [-0.15, -0.1) is 0 Å². The molecule has 3 aromatic rings. The monoisotopic (exact) mass is 391 g/mol. The molecule has 0 aliphatic heterocycles. The molecule has 2 aliphatic carbocycles. The Morgan fingerprint density at radius 2 is 1.89 bits per heavy atom. The zero-order chi connectivity index (χ0) is 19.1. The molecular weight excluding hydrogens is 366 g/mol. The highest BCUT2D eigenvalue weighted by Gasteiger charge is 2.38. The number of hydrogen-bond acceptors (Lipinski definition) is 4. The highest BCUT2D eigenvalue weighted by Crippen LogP contribution is 2.42. The Bertz CT molecular complexity index is 1030. The first-order chi connectivity index (χ1) is 13.8. The first-order valence-electron chi connectivity index (χ1n) is 10.2. The van der Waals surface area contributed by atoms with E-state index in [1.165, 1.54) is 36.8 Å². The van der Waals surface area contributed by atoms with Crippen molar-refractivity contribution < 1.29 is 0 Å². The van der Waals surface area contributed by atoms with Gasteiger partial charge >= 0.3 is 0 Å². The molecule has 5 rings (SSSR count). The van der Waals surface area contributed by atoms with Crippen molar-refractivity contribution in [2.75, 3.05) is 0 Å². The average Bonchev–Trinajstić information content (AvgIpc) is 3.41. The molecule has 1 atom stereocenters. The van der Waals surface area contributed by atoms with Crippen molar-refractivity contribution in [1.29, 1.82) is 0 Å². The summed E-state index contributed by atoms with van der Waals surface area (Å²) >= 11 is 5.81. The fourth-order valence-electron chi connectivity index (χ4n) is 4.44. The lowest BCUT2D eigenvalue weighted by atomic mass is 10.1. The first kappa shape index (κ1) is 17.8. The summed E-state index contributed by atoms with van der Waals surface area (Å²) in [6.45, 7) is 3.69. The topological polar surface area (TPSA) is 38.9 Å². The van der Waals surface area contributed by atoms with E-state index in [-0.39, 0.29) is 0 Å². The largest absolute Gasteiger partial charge is 0.300 e. The number of rotatable bonds is 6. The molecule has 28 heavy (non-hydrogen) atoms. The van der Waals surface area contributed by atoms with Crippen molar-refractivity contribution in [3.63, 3.8) is 0 Å². The molecule has 144 valence electrons. The van der Waals surface area contributed by atoms with Crippen molar-refractivity contribution in [3.05, 3.63) is 64.7 Å². The predicted molar refractivity (Wildman–Crippen MR) is 112 cm³/mol. The van der Waals surface area contributed by atoms with E-state index in [0.29, 0.717) is 12.1 Å². The summed E-state index contributed by atoms with van der Waals surface area (Å²) in [5.74, 6) is 0.928. The van der Waals surface area contributed by atoms with E-state index in [2.05, 4.69) is 45.6 Å². The molecule has 0 saturated heterocycles. The second-order valence-corrected chi connectivity index (χ2v) is 8.09. The van der Waals surface area contributed by atoms with Crippen molar-refractivity contribution in [1.82, 2.24) is 24.2 Å². The predicted octanol–water partition coefficient (Wildman–Crippen LogP) is 4.61. The highest BCUT2D eigenvalue weighted by molar-refractivity contribution is 7.71. The summed E-state index contributed by atoms with van der Waals surface area (Å²) in [6.07, 6.45) is 8.53. The van der Waals surface area contributed by atoms with Gasteiger partial charge in [-0.25, -0.2) is 4.68 Å². The standard InChI is InChI=1S/C22H25N5S/c1-2-25-21(17-11-13-23-14-12-17)24-27(22(25)28)15-26(18-8-9-18)20-10-7-16-5-3-4-6-19(16)20/h3-6,11-14,18,20H,2,7-10,15H2,1H3/t20-/m1/s1. The molecule has 0 spiro atoms.